The number of rotatable bonds is 5. The third kappa shape index (κ3) is 3.34. The molecule has 1 aliphatic rings. The number of amides is 1. The van der Waals surface area contributed by atoms with Gasteiger partial charge in [0.2, 0.25) is 5.91 Å². The van der Waals surface area contributed by atoms with Gasteiger partial charge in [0.1, 0.15) is 0 Å². The van der Waals surface area contributed by atoms with Gasteiger partial charge >= 0.3 is 0 Å². The number of benzene rings is 3. The minimum atomic E-state index is 0.00788. The van der Waals surface area contributed by atoms with Gasteiger partial charge in [-0.25, -0.2) is 0 Å². The predicted molar refractivity (Wildman–Crippen MR) is 100 cm³/mol. The lowest BCUT2D eigenvalue weighted by Gasteiger charge is -2.05. The molecular formula is C23H21NO. The number of hydrogen-bond donors (Lipinski definition) is 1. The van der Waals surface area contributed by atoms with E-state index in [0.29, 0.717) is 6.54 Å². The van der Waals surface area contributed by atoms with Gasteiger partial charge < -0.3 is 5.32 Å². The molecular weight excluding hydrogens is 306 g/mol. The van der Waals surface area contributed by atoms with E-state index in [9.17, 15) is 4.79 Å². The van der Waals surface area contributed by atoms with Crippen LogP contribution in [0, 0.1) is 5.92 Å². The van der Waals surface area contributed by atoms with Crippen molar-refractivity contribution < 1.29 is 4.79 Å². The third-order valence-electron chi connectivity index (χ3n) is 5.00. The van der Waals surface area contributed by atoms with Crippen molar-refractivity contribution in [3.8, 4) is 0 Å². The number of nitrogens with one attached hydrogen (secondary N) is 1. The Bertz CT molecular complexity index is 784. The first-order chi connectivity index (χ1) is 12.3. The number of hydrogen-bond acceptors (Lipinski definition) is 1. The SMILES string of the molecule is O=C(NCc1ccccc1)C1[C@H](c2ccccc2)[C@H]1c1ccccc1. The van der Waals surface area contributed by atoms with Crippen molar-refractivity contribution in [3.05, 3.63) is 108 Å². The van der Waals surface area contributed by atoms with E-state index in [0.717, 1.165) is 5.56 Å². The normalized spacial score (nSPS) is 21.5. The number of carbonyl (C=O) groups is 1. The minimum Gasteiger partial charge on any atom is -0.352 e. The van der Waals surface area contributed by atoms with Crippen molar-refractivity contribution in [1.29, 1.82) is 0 Å². The molecule has 0 spiro atoms. The maximum atomic E-state index is 12.8. The molecule has 2 heteroatoms. The molecule has 1 saturated carbocycles. The maximum Gasteiger partial charge on any atom is 0.224 e. The van der Waals surface area contributed by atoms with Crippen LogP contribution >= 0.6 is 0 Å². The summed E-state index contributed by atoms with van der Waals surface area (Å²) in [5, 5.41) is 3.12. The van der Waals surface area contributed by atoms with Crippen LogP contribution < -0.4 is 5.32 Å². The molecule has 2 nitrogen and oxygen atoms in total. The van der Waals surface area contributed by atoms with Gasteiger partial charge in [0.15, 0.2) is 0 Å². The molecule has 0 unspecified atom stereocenters. The van der Waals surface area contributed by atoms with E-state index in [1.54, 1.807) is 0 Å². The summed E-state index contributed by atoms with van der Waals surface area (Å²) in [6.45, 7) is 0.583. The van der Waals surface area contributed by atoms with E-state index in [1.165, 1.54) is 11.1 Å². The first-order valence-corrected chi connectivity index (χ1v) is 8.76. The summed E-state index contributed by atoms with van der Waals surface area (Å²) < 4.78 is 0. The molecule has 1 aliphatic carbocycles. The Morgan fingerprint density at radius 3 is 1.60 bits per heavy atom. The van der Waals surface area contributed by atoms with E-state index in [1.807, 2.05) is 42.5 Å². The van der Waals surface area contributed by atoms with Crippen LogP contribution in [0.15, 0.2) is 91.0 Å². The van der Waals surface area contributed by atoms with Gasteiger partial charge in [-0.1, -0.05) is 91.0 Å². The van der Waals surface area contributed by atoms with Gasteiger partial charge in [-0.3, -0.25) is 4.79 Å². The lowest BCUT2D eigenvalue weighted by molar-refractivity contribution is -0.122. The summed E-state index contributed by atoms with van der Waals surface area (Å²) in [7, 11) is 0. The Labute approximate surface area is 148 Å². The Kier molecular flexibility index (Phi) is 4.34. The monoisotopic (exact) mass is 327 g/mol. The van der Waals surface area contributed by atoms with Crippen molar-refractivity contribution in [2.45, 2.75) is 18.4 Å². The third-order valence-corrected chi connectivity index (χ3v) is 5.00. The Morgan fingerprint density at radius 1 is 0.680 bits per heavy atom. The molecule has 2 atom stereocenters. The van der Waals surface area contributed by atoms with Crippen molar-refractivity contribution in [1.82, 2.24) is 5.32 Å². The van der Waals surface area contributed by atoms with Crippen molar-refractivity contribution in [3.63, 3.8) is 0 Å². The highest BCUT2D eigenvalue weighted by Gasteiger charge is 2.55. The molecule has 4 rings (SSSR count). The average Bonchev–Trinajstić information content (AvgIpc) is 3.44. The van der Waals surface area contributed by atoms with Gasteiger partial charge in [0.25, 0.3) is 0 Å². The topological polar surface area (TPSA) is 29.1 Å². The highest BCUT2D eigenvalue weighted by molar-refractivity contribution is 5.85. The van der Waals surface area contributed by atoms with Gasteiger partial charge in [0, 0.05) is 18.4 Å². The molecule has 0 saturated heterocycles. The lowest BCUT2D eigenvalue weighted by Crippen LogP contribution is -2.25. The van der Waals surface area contributed by atoms with Crippen LogP contribution in [0.1, 0.15) is 28.5 Å². The van der Waals surface area contributed by atoms with Crippen LogP contribution in [0.3, 0.4) is 0 Å². The maximum absolute atomic E-state index is 12.8. The quantitative estimate of drug-likeness (QED) is 0.734. The van der Waals surface area contributed by atoms with Gasteiger partial charge in [-0.2, -0.15) is 0 Å². The zero-order chi connectivity index (χ0) is 17.1. The standard InChI is InChI=1S/C23H21NO/c25-23(24-16-17-10-4-1-5-11-17)22-20(18-12-6-2-7-13-18)21(22)19-14-8-3-9-15-19/h1-15,20-22H,16H2,(H,24,25)/t20-,21-/m1/s1. The summed E-state index contributed by atoms with van der Waals surface area (Å²) in [4.78, 5) is 12.8. The van der Waals surface area contributed by atoms with E-state index in [4.69, 9.17) is 0 Å². The molecule has 124 valence electrons. The smallest absolute Gasteiger partial charge is 0.224 e. The first kappa shape index (κ1) is 15.6. The summed E-state index contributed by atoms with van der Waals surface area (Å²) in [6, 6.07) is 30.8. The second kappa shape index (κ2) is 6.94. The summed E-state index contributed by atoms with van der Waals surface area (Å²) >= 11 is 0. The molecule has 1 N–H and O–H groups in total. The molecule has 0 aliphatic heterocycles. The predicted octanol–water partition coefficient (Wildman–Crippen LogP) is 4.50. The fourth-order valence-corrected chi connectivity index (χ4v) is 3.72. The summed E-state index contributed by atoms with van der Waals surface area (Å²) in [5.74, 6) is 0.679. The molecule has 0 bridgehead atoms. The largest absolute Gasteiger partial charge is 0.352 e. The van der Waals surface area contributed by atoms with Crippen LogP contribution in [-0.2, 0) is 11.3 Å². The van der Waals surface area contributed by atoms with E-state index in [-0.39, 0.29) is 23.7 Å². The lowest BCUT2D eigenvalue weighted by atomic mass is 10.0. The van der Waals surface area contributed by atoms with Crippen LogP contribution in [0.2, 0.25) is 0 Å². The second-order valence-electron chi connectivity index (χ2n) is 6.60. The highest BCUT2D eigenvalue weighted by Crippen LogP contribution is 2.60. The van der Waals surface area contributed by atoms with Crippen LogP contribution in [0.5, 0.6) is 0 Å². The second-order valence-corrected chi connectivity index (χ2v) is 6.60. The summed E-state index contributed by atoms with van der Waals surface area (Å²) in [5.41, 5.74) is 3.62. The molecule has 0 radical (unpaired) electrons. The Balaban J connectivity index is 1.52. The van der Waals surface area contributed by atoms with Crippen LogP contribution in [-0.4, -0.2) is 5.91 Å². The van der Waals surface area contributed by atoms with E-state index in [2.05, 4.69) is 53.8 Å². The molecule has 0 aromatic heterocycles. The first-order valence-electron chi connectivity index (χ1n) is 8.76. The molecule has 1 amide bonds. The van der Waals surface area contributed by atoms with Crippen LogP contribution in [0.4, 0.5) is 0 Å². The number of carbonyl (C=O) groups excluding carboxylic acids is 1. The van der Waals surface area contributed by atoms with E-state index >= 15 is 0 Å². The molecule has 1 fully saturated rings. The summed E-state index contributed by atoms with van der Waals surface area (Å²) in [6.07, 6.45) is 0. The molecule has 3 aromatic rings. The van der Waals surface area contributed by atoms with Crippen LogP contribution in [0.25, 0.3) is 0 Å². The molecule has 25 heavy (non-hydrogen) atoms. The van der Waals surface area contributed by atoms with Crippen molar-refractivity contribution in [2.75, 3.05) is 0 Å². The Morgan fingerprint density at radius 2 is 1.12 bits per heavy atom. The molecule has 3 aromatic carbocycles. The zero-order valence-electron chi connectivity index (χ0n) is 14.0. The van der Waals surface area contributed by atoms with Crippen molar-refractivity contribution in [2.24, 2.45) is 5.92 Å². The van der Waals surface area contributed by atoms with E-state index < -0.39 is 0 Å². The molecule has 0 heterocycles. The highest BCUT2D eigenvalue weighted by atomic mass is 16.2. The fourth-order valence-electron chi connectivity index (χ4n) is 3.72. The fraction of sp³-hybridized carbons (Fsp3) is 0.174. The van der Waals surface area contributed by atoms with Crippen molar-refractivity contribution >= 4 is 5.91 Å². The zero-order valence-corrected chi connectivity index (χ0v) is 14.0. The Hall–Kier alpha value is -2.87. The van der Waals surface area contributed by atoms with Gasteiger partial charge in [-0.15, -0.1) is 0 Å². The average molecular weight is 327 g/mol. The van der Waals surface area contributed by atoms with Gasteiger partial charge in [0.05, 0.1) is 5.92 Å². The van der Waals surface area contributed by atoms with Gasteiger partial charge in [-0.05, 0) is 16.7 Å². The minimum absolute atomic E-state index is 0.00788.